The molecule has 0 amide bonds. The number of nitrogens with zero attached hydrogens (tertiary/aromatic N) is 4. The smallest absolute Gasteiger partial charge is 0.265 e. The molecule has 3 N–H and O–H groups in total. The SMILES string of the molecule is COc1cc(C=NNc2nnc3c(n2)[nH]c2c(C)cccc23)cc(OC)c1O. The summed E-state index contributed by atoms with van der Waals surface area (Å²) in [6.07, 6.45) is 1.54. The zero-order valence-electron chi connectivity index (χ0n) is 15.5. The molecule has 0 atom stereocenters. The van der Waals surface area contributed by atoms with Crippen molar-refractivity contribution >= 4 is 34.2 Å². The van der Waals surface area contributed by atoms with Gasteiger partial charge in [0.2, 0.25) is 5.75 Å². The molecule has 142 valence electrons. The van der Waals surface area contributed by atoms with Crippen molar-refractivity contribution < 1.29 is 14.6 Å². The number of para-hydroxylation sites is 1. The molecule has 0 aliphatic rings. The first-order chi connectivity index (χ1) is 13.6. The van der Waals surface area contributed by atoms with E-state index in [1.165, 1.54) is 20.4 Å². The Morgan fingerprint density at radius 1 is 1.14 bits per heavy atom. The van der Waals surface area contributed by atoms with Gasteiger partial charge in [-0.15, -0.1) is 10.2 Å². The highest BCUT2D eigenvalue weighted by molar-refractivity contribution is 6.04. The number of fused-ring (bicyclic) bond motifs is 3. The minimum absolute atomic E-state index is 0.0674. The second kappa shape index (κ2) is 7.03. The zero-order valence-corrected chi connectivity index (χ0v) is 15.5. The second-order valence-corrected chi connectivity index (χ2v) is 6.10. The van der Waals surface area contributed by atoms with E-state index < -0.39 is 0 Å². The first kappa shape index (κ1) is 17.5. The number of benzene rings is 2. The van der Waals surface area contributed by atoms with Crippen LogP contribution in [0.1, 0.15) is 11.1 Å². The second-order valence-electron chi connectivity index (χ2n) is 6.10. The van der Waals surface area contributed by atoms with Gasteiger partial charge in [-0.25, -0.2) is 5.43 Å². The van der Waals surface area contributed by atoms with Crippen LogP contribution in [0, 0.1) is 6.92 Å². The maximum absolute atomic E-state index is 9.95. The third kappa shape index (κ3) is 3.02. The summed E-state index contributed by atoms with van der Waals surface area (Å²) in [5.41, 5.74) is 6.86. The molecule has 0 aliphatic carbocycles. The van der Waals surface area contributed by atoms with E-state index in [-0.39, 0.29) is 23.2 Å². The number of hydrogen-bond acceptors (Lipinski definition) is 8. The standard InChI is InChI=1S/C19H18N6O3/c1-10-5-4-6-12-15(10)21-18-16(12)23-25-19(22-18)24-20-9-11-7-13(27-2)17(26)14(8-11)28-3/h4-9,26H,1-3H3,(H2,21,22,24,25). The Balaban J connectivity index is 1.60. The van der Waals surface area contributed by atoms with E-state index >= 15 is 0 Å². The number of phenolic OH excluding ortho intramolecular Hbond substituents is 1. The van der Waals surface area contributed by atoms with Crippen LogP contribution in [0.3, 0.4) is 0 Å². The van der Waals surface area contributed by atoms with Crippen LogP contribution < -0.4 is 14.9 Å². The average Bonchev–Trinajstić information content (AvgIpc) is 3.08. The van der Waals surface area contributed by atoms with Crippen molar-refractivity contribution in [2.24, 2.45) is 5.10 Å². The number of aryl methyl sites for hydroxylation is 1. The normalized spacial score (nSPS) is 11.4. The van der Waals surface area contributed by atoms with Gasteiger partial charge >= 0.3 is 0 Å². The van der Waals surface area contributed by atoms with Crippen LogP contribution in [0.5, 0.6) is 17.2 Å². The molecular formula is C19H18N6O3. The number of hydrazone groups is 1. The third-order valence-electron chi connectivity index (χ3n) is 4.34. The van der Waals surface area contributed by atoms with Gasteiger partial charge in [0.15, 0.2) is 17.1 Å². The first-order valence-corrected chi connectivity index (χ1v) is 8.46. The lowest BCUT2D eigenvalue weighted by atomic mass is 10.1. The molecule has 0 saturated carbocycles. The van der Waals surface area contributed by atoms with Gasteiger partial charge in [-0.05, 0) is 24.6 Å². The van der Waals surface area contributed by atoms with Crippen molar-refractivity contribution in [3.05, 3.63) is 41.5 Å². The summed E-state index contributed by atoms with van der Waals surface area (Å²) >= 11 is 0. The number of methoxy groups -OCH3 is 2. The third-order valence-corrected chi connectivity index (χ3v) is 4.34. The van der Waals surface area contributed by atoms with Crippen LogP contribution in [-0.2, 0) is 0 Å². The van der Waals surface area contributed by atoms with Gasteiger partial charge in [-0.3, -0.25) is 0 Å². The molecule has 0 saturated heterocycles. The first-order valence-electron chi connectivity index (χ1n) is 8.46. The molecule has 0 fully saturated rings. The van der Waals surface area contributed by atoms with Crippen LogP contribution in [0.25, 0.3) is 22.1 Å². The van der Waals surface area contributed by atoms with Crippen molar-refractivity contribution in [3.63, 3.8) is 0 Å². The molecule has 9 nitrogen and oxygen atoms in total. The van der Waals surface area contributed by atoms with Crippen LogP contribution >= 0.6 is 0 Å². The van der Waals surface area contributed by atoms with Crippen LogP contribution in [-0.4, -0.2) is 45.7 Å². The maximum atomic E-state index is 9.95. The Morgan fingerprint density at radius 3 is 2.61 bits per heavy atom. The number of rotatable bonds is 5. The van der Waals surface area contributed by atoms with Gasteiger partial charge in [0.05, 0.1) is 26.0 Å². The lowest BCUT2D eigenvalue weighted by molar-refractivity contribution is 0.340. The lowest BCUT2D eigenvalue weighted by Gasteiger charge is -2.09. The van der Waals surface area contributed by atoms with Crippen molar-refractivity contribution in [1.82, 2.24) is 20.2 Å². The summed E-state index contributed by atoms with van der Waals surface area (Å²) < 4.78 is 10.3. The molecule has 0 spiro atoms. The molecule has 9 heteroatoms. The Bertz CT molecular complexity index is 1180. The van der Waals surface area contributed by atoms with Gasteiger partial charge in [0.1, 0.15) is 5.52 Å². The van der Waals surface area contributed by atoms with Crippen LogP contribution in [0.4, 0.5) is 5.95 Å². The highest BCUT2D eigenvalue weighted by Gasteiger charge is 2.11. The predicted octanol–water partition coefficient (Wildman–Crippen LogP) is 2.98. The van der Waals surface area contributed by atoms with Crippen LogP contribution in [0.15, 0.2) is 35.4 Å². The molecule has 28 heavy (non-hydrogen) atoms. The molecule has 0 aliphatic heterocycles. The minimum Gasteiger partial charge on any atom is -0.502 e. The Morgan fingerprint density at radius 2 is 1.89 bits per heavy atom. The van der Waals surface area contributed by atoms with Gasteiger partial charge in [-0.2, -0.15) is 10.1 Å². The number of aromatic amines is 1. The topological polar surface area (TPSA) is 118 Å². The Labute approximate surface area is 160 Å². The number of phenols is 1. The molecule has 2 aromatic carbocycles. The number of aromatic nitrogens is 4. The van der Waals surface area contributed by atoms with Gasteiger partial charge < -0.3 is 19.6 Å². The van der Waals surface area contributed by atoms with E-state index in [0.29, 0.717) is 16.7 Å². The fourth-order valence-electron chi connectivity index (χ4n) is 2.94. The molecule has 0 unspecified atom stereocenters. The van der Waals surface area contributed by atoms with E-state index in [9.17, 15) is 5.11 Å². The van der Waals surface area contributed by atoms with Gasteiger partial charge in [0, 0.05) is 10.9 Å². The fourth-order valence-corrected chi connectivity index (χ4v) is 2.94. The summed E-state index contributed by atoms with van der Waals surface area (Å²) in [5.74, 6) is 0.759. The lowest BCUT2D eigenvalue weighted by Crippen LogP contribution is -1.99. The van der Waals surface area contributed by atoms with Crippen LogP contribution in [0.2, 0.25) is 0 Å². The number of H-pyrrole nitrogens is 1. The number of aromatic hydroxyl groups is 1. The van der Waals surface area contributed by atoms with E-state index in [2.05, 4.69) is 30.7 Å². The van der Waals surface area contributed by atoms with E-state index in [1.807, 2.05) is 25.1 Å². The molecule has 2 aromatic heterocycles. The largest absolute Gasteiger partial charge is 0.502 e. The van der Waals surface area contributed by atoms with Gasteiger partial charge in [-0.1, -0.05) is 18.2 Å². The van der Waals surface area contributed by atoms with Crippen molar-refractivity contribution in [1.29, 1.82) is 0 Å². The predicted molar refractivity (Wildman–Crippen MR) is 106 cm³/mol. The quantitative estimate of drug-likeness (QED) is 0.361. The monoisotopic (exact) mass is 378 g/mol. The number of ether oxygens (including phenoxy) is 2. The minimum atomic E-state index is -0.0674. The van der Waals surface area contributed by atoms with Crippen molar-refractivity contribution in [2.45, 2.75) is 6.92 Å². The number of anilines is 1. The van der Waals surface area contributed by atoms with E-state index in [0.717, 1.165) is 16.5 Å². The summed E-state index contributed by atoms with van der Waals surface area (Å²) in [4.78, 5) is 7.69. The summed E-state index contributed by atoms with van der Waals surface area (Å²) in [6, 6.07) is 9.24. The molecule has 2 heterocycles. The van der Waals surface area contributed by atoms with Crippen molar-refractivity contribution in [3.8, 4) is 17.2 Å². The zero-order chi connectivity index (χ0) is 19.7. The van der Waals surface area contributed by atoms with E-state index in [4.69, 9.17) is 9.47 Å². The summed E-state index contributed by atoms with van der Waals surface area (Å²) in [7, 11) is 2.93. The number of nitrogens with one attached hydrogen (secondary N) is 2. The highest BCUT2D eigenvalue weighted by Crippen LogP contribution is 2.36. The Hall–Kier alpha value is -3.88. The summed E-state index contributed by atoms with van der Waals surface area (Å²) in [5, 5.41) is 23.4. The van der Waals surface area contributed by atoms with E-state index in [1.54, 1.807) is 12.1 Å². The fraction of sp³-hybridized carbons (Fsp3) is 0.158. The molecule has 0 bridgehead atoms. The van der Waals surface area contributed by atoms with Gasteiger partial charge in [0.25, 0.3) is 5.95 Å². The highest BCUT2D eigenvalue weighted by atomic mass is 16.5. The van der Waals surface area contributed by atoms with Crippen molar-refractivity contribution in [2.75, 3.05) is 19.6 Å². The maximum Gasteiger partial charge on any atom is 0.265 e. The Kier molecular flexibility index (Phi) is 4.40. The molecular weight excluding hydrogens is 360 g/mol. The molecule has 0 radical (unpaired) electrons. The molecule has 4 rings (SSSR count). The summed E-state index contributed by atoms with van der Waals surface area (Å²) in [6.45, 7) is 2.02. The number of hydrogen-bond donors (Lipinski definition) is 3. The average molecular weight is 378 g/mol. The molecule has 4 aromatic rings.